The minimum Gasteiger partial charge on any atom is -0.392 e. The van der Waals surface area contributed by atoms with Crippen LogP contribution in [0.15, 0.2) is 22.8 Å². The summed E-state index contributed by atoms with van der Waals surface area (Å²) in [6.07, 6.45) is 7.20. The Balaban J connectivity index is 1.85. The van der Waals surface area contributed by atoms with Crippen molar-refractivity contribution in [2.45, 2.75) is 71.7 Å². The monoisotopic (exact) mass is 318 g/mol. The van der Waals surface area contributed by atoms with E-state index in [1.807, 2.05) is 6.08 Å². The lowest BCUT2D eigenvalue weighted by Crippen LogP contribution is -2.58. The molecule has 1 saturated carbocycles. The van der Waals surface area contributed by atoms with Gasteiger partial charge in [0.25, 0.3) is 0 Å². The van der Waals surface area contributed by atoms with E-state index in [9.17, 15) is 10.2 Å². The molecule has 5 atom stereocenters. The fourth-order valence-electron chi connectivity index (χ4n) is 5.94. The molecule has 2 aliphatic heterocycles. The summed E-state index contributed by atoms with van der Waals surface area (Å²) in [6, 6.07) is 0. The van der Waals surface area contributed by atoms with Crippen LogP contribution in [0, 0.1) is 22.7 Å². The maximum absolute atomic E-state index is 11.3. The van der Waals surface area contributed by atoms with Crippen molar-refractivity contribution in [3.05, 3.63) is 22.8 Å². The van der Waals surface area contributed by atoms with Gasteiger partial charge in [0.1, 0.15) is 0 Å². The molecule has 3 nitrogen and oxygen atoms in total. The number of ether oxygens (including phenoxy) is 1. The normalized spacial score (nSPS) is 48.6. The lowest BCUT2D eigenvalue weighted by molar-refractivity contribution is -0.288. The highest BCUT2D eigenvalue weighted by Gasteiger charge is 2.65. The third kappa shape index (κ3) is 1.87. The van der Waals surface area contributed by atoms with Crippen molar-refractivity contribution in [2.75, 3.05) is 6.61 Å². The molecular formula is C20H30O3. The van der Waals surface area contributed by atoms with E-state index in [4.69, 9.17) is 4.74 Å². The van der Waals surface area contributed by atoms with E-state index >= 15 is 0 Å². The van der Waals surface area contributed by atoms with E-state index in [2.05, 4.69) is 27.7 Å². The Morgan fingerprint density at radius 3 is 2.65 bits per heavy atom. The van der Waals surface area contributed by atoms with Gasteiger partial charge >= 0.3 is 0 Å². The molecule has 2 N–H and O–H groups in total. The van der Waals surface area contributed by atoms with Gasteiger partial charge in [-0.25, -0.2) is 0 Å². The van der Waals surface area contributed by atoms with Crippen molar-refractivity contribution >= 4 is 0 Å². The van der Waals surface area contributed by atoms with Crippen molar-refractivity contribution in [3.63, 3.8) is 0 Å². The van der Waals surface area contributed by atoms with E-state index < -0.39 is 5.79 Å². The Labute approximate surface area is 139 Å². The molecule has 2 fully saturated rings. The van der Waals surface area contributed by atoms with Crippen LogP contribution >= 0.6 is 0 Å². The third-order valence-electron chi connectivity index (χ3n) is 7.52. The lowest BCUT2D eigenvalue weighted by Gasteiger charge is -2.57. The second-order valence-corrected chi connectivity index (χ2v) is 9.04. The van der Waals surface area contributed by atoms with Crippen molar-refractivity contribution in [1.82, 2.24) is 0 Å². The van der Waals surface area contributed by atoms with Crippen LogP contribution in [0.5, 0.6) is 0 Å². The molecule has 0 unspecified atom stereocenters. The van der Waals surface area contributed by atoms with Crippen molar-refractivity contribution in [3.8, 4) is 0 Å². The topological polar surface area (TPSA) is 49.7 Å². The largest absolute Gasteiger partial charge is 0.392 e. The molecule has 4 aliphatic rings. The van der Waals surface area contributed by atoms with Crippen molar-refractivity contribution < 1.29 is 14.9 Å². The number of fused-ring (bicyclic) bond motifs is 6. The highest BCUT2D eigenvalue weighted by Crippen LogP contribution is 2.67. The molecular weight excluding hydrogens is 288 g/mol. The van der Waals surface area contributed by atoms with Crippen LogP contribution in [0.1, 0.15) is 59.8 Å². The van der Waals surface area contributed by atoms with Gasteiger partial charge in [-0.3, -0.25) is 0 Å². The summed E-state index contributed by atoms with van der Waals surface area (Å²) < 4.78 is 6.02. The predicted octanol–water partition coefficient (Wildman–Crippen LogP) is 3.57. The highest BCUT2D eigenvalue weighted by molar-refractivity contribution is 5.40. The summed E-state index contributed by atoms with van der Waals surface area (Å²) in [5, 5.41) is 20.9. The highest BCUT2D eigenvalue weighted by atomic mass is 16.6. The molecule has 0 aromatic heterocycles. The quantitative estimate of drug-likeness (QED) is 0.765. The van der Waals surface area contributed by atoms with Crippen molar-refractivity contribution in [2.24, 2.45) is 22.7 Å². The summed E-state index contributed by atoms with van der Waals surface area (Å²) in [5.74, 6) is -0.266. The Bertz CT molecular complexity index is 604. The van der Waals surface area contributed by atoms with Gasteiger partial charge in [0.15, 0.2) is 5.79 Å². The van der Waals surface area contributed by atoms with Gasteiger partial charge in [-0.1, -0.05) is 38.8 Å². The second kappa shape index (κ2) is 4.71. The van der Waals surface area contributed by atoms with Crippen LogP contribution in [-0.4, -0.2) is 28.7 Å². The zero-order valence-electron chi connectivity index (χ0n) is 14.9. The maximum Gasteiger partial charge on any atom is 0.192 e. The first-order chi connectivity index (χ1) is 10.7. The zero-order chi connectivity index (χ0) is 16.6. The molecule has 0 radical (unpaired) electrons. The van der Waals surface area contributed by atoms with Gasteiger partial charge in [0.05, 0.1) is 12.7 Å². The van der Waals surface area contributed by atoms with Gasteiger partial charge in [-0.2, -0.15) is 0 Å². The number of aliphatic hydroxyl groups excluding tert-OH is 1. The van der Waals surface area contributed by atoms with Crippen LogP contribution in [0.4, 0.5) is 0 Å². The minimum atomic E-state index is -1.21. The Kier molecular flexibility index (Phi) is 3.25. The van der Waals surface area contributed by atoms with Crippen LogP contribution in [0.3, 0.4) is 0 Å². The van der Waals surface area contributed by atoms with Gasteiger partial charge in [-0.15, -0.1) is 0 Å². The van der Waals surface area contributed by atoms with Gasteiger partial charge in [0, 0.05) is 5.41 Å². The molecule has 128 valence electrons. The second-order valence-electron chi connectivity index (χ2n) is 9.04. The molecule has 0 aromatic rings. The Hall–Kier alpha value is -0.640. The Morgan fingerprint density at radius 1 is 1.26 bits per heavy atom. The van der Waals surface area contributed by atoms with Crippen LogP contribution in [-0.2, 0) is 4.74 Å². The number of allylic oxidation sites excluding steroid dienone is 2. The fourth-order valence-corrected chi connectivity index (χ4v) is 5.94. The Morgan fingerprint density at radius 2 is 2.00 bits per heavy atom. The molecule has 0 spiro atoms. The third-order valence-corrected chi connectivity index (χ3v) is 7.52. The summed E-state index contributed by atoms with van der Waals surface area (Å²) in [5.41, 5.74) is 4.14. The first-order valence-corrected chi connectivity index (χ1v) is 9.20. The predicted molar refractivity (Wildman–Crippen MR) is 89.6 cm³/mol. The standard InChI is InChI=1S/C20H30O3/c1-12(2)14-5-6-18(3)7-8-19(4)15(17(14)18)9-16-13(11-21)10-20(19,22)23-16/h10,12,15-16,21-22H,5-9,11H2,1-4H3/t15-,16-,18-,19-,20-/m1/s1. The van der Waals surface area contributed by atoms with Gasteiger partial charge < -0.3 is 14.9 Å². The number of aliphatic hydroxyl groups is 2. The first-order valence-electron chi connectivity index (χ1n) is 9.20. The SMILES string of the molecule is CC(C)C1=C2[C@H]3C[C@H]4O[C@](O)(C=C4CO)[C@]3(C)CC[C@@]2(C)CC1. The average Bonchev–Trinajstić information content (AvgIpc) is 2.98. The summed E-state index contributed by atoms with van der Waals surface area (Å²) in [7, 11) is 0. The molecule has 0 aromatic carbocycles. The van der Waals surface area contributed by atoms with E-state index in [1.54, 1.807) is 11.1 Å². The lowest BCUT2D eigenvalue weighted by atomic mass is 9.52. The molecule has 4 rings (SSSR count). The van der Waals surface area contributed by atoms with Gasteiger partial charge in [0.2, 0.25) is 0 Å². The van der Waals surface area contributed by atoms with Crippen LogP contribution in [0.25, 0.3) is 0 Å². The van der Waals surface area contributed by atoms with E-state index in [0.717, 1.165) is 24.8 Å². The summed E-state index contributed by atoms with van der Waals surface area (Å²) in [4.78, 5) is 0. The molecule has 2 bridgehead atoms. The molecule has 2 heterocycles. The number of hydrogen-bond donors (Lipinski definition) is 2. The van der Waals surface area contributed by atoms with Gasteiger partial charge in [-0.05, 0) is 61.0 Å². The maximum atomic E-state index is 11.3. The van der Waals surface area contributed by atoms with Crippen LogP contribution in [0.2, 0.25) is 0 Å². The van der Waals surface area contributed by atoms with E-state index in [0.29, 0.717) is 17.3 Å². The molecule has 23 heavy (non-hydrogen) atoms. The molecule has 1 saturated heterocycles. The molecule has 3 heteroatoms. The van der Waals surface area contributed by atoms with E-state index in [-0.39, 0.29) is 18.1 Å². The molecule has 2 aliphatic carbocycles. The number of rotatable bonds is 2. The fraction of sp³-hybridized carbons (Fsp3) is 0.800. The zero-order valence-corrected chi connectivity index (χ0v) is 14.9. The van der Waals surface area contributed by atoms with E-state index in [1.165, 1.54) is 12.8 Å². The minimum absolute atomic E-state index is 0.0108. The average molecular weight is 318 g/mol. The smallest absolute Gasteiger partial charge is 0.192 e. The van der Waals surface area contributed by atoms with Crippen LogP contribution < -0.4 is 0 Å². The summed E-state index contributed by atoms with van der Waals surface area (Å²) >= 11 is 0. The molecule has 0 amide bonds. The first kappa shape index (κ1) is 15.9. The van der Waals surface area contributed by atoms with Crippen molar-refractivity contribution in [1.29, 1.82) is 0 Å². The summed E-state index contributed by atoms with van der Waals surface area (Å²) in [6.45, 7) is 9.23. The number of hydrogen-bond acceptors (Lipinski definition) is 3.